The fourth-order valence-electron chi connectivity index (χ4n) is 2.51. The number of hydrazine groups is 1. The van der Waals surface area contributed by atoms with Gasteiger partial charge in [-0.1, -0.05) is 43.2 Å². The van der Waals surface area contributed by atoms with E-state index in [1.165, 1.54) is 18.4 Å². The topological polar surface area (TPSA) is 87.0 Å². The van der Waals surface area contributed by atoms with Crippen molar-refractivity contribution in [1.29, 1.82) is 10.8 Å². The van der Waals surface area contributed by atoms with E-state index in [2.05, 4.69) is 33.2 Å². The van der Waals surface area contributed by atoms with Crippen LogP contribution in [0.5, 0.6) is 0 Å². The average molecular weight is 302 g/mol. The average Bonchev–Trinajstić information content (AvgIpc) is 2.77. The van der Waals surface area contributed by atoms with Crippen LogP contribution >= 0.6 is 0 Å². The predicted octanol–water partition coefficient (Wildman–Crippen LogP) is 1.66. The Kier molecular flexibility index (Phi) is 6.70. The summed E-state index contributed by atoms with van der Waals surface area (Å²) in [5, 5.41) is 23.5. The maximum atomic E-state index is 7.88. The molecule has 1 aliphatic rings. The summed E-state index contributed by atoms with van der Waals surface area (Å²) in [5.74, 6) is 0.308. The molecule has 0 amide bonds. The number of benzene rings is 1. The highest BCUT2D eigenvalue weighted by molar-refractivity contribution is 5.95. The van der Waals surface area contributed by atoms with Gasteiger partial charge in [0.1, 0.15) is 0 Å². The normalized spacial score (nSPS) is 15.6. The summed E-state index contributed by atoms with van der Waals surface area (Å²) >= 11 is 0. The van der Waals surface area contributed by atoms with Crippen LogP contribution in [0.2, 0.25) is 0 Å². The molecule has 0 aromatic heterocycles. The summed E-state index contributed by atoms with van der Waals surface area (Å²) in [6, 6.07) is 10.2. The van der Waals surface area contributed by atoms with E-state index in [0.29, 0.717) is 6.54 Å². The van der Waals surface area contributed by atoms with Crippen LogP contribution in [-0.2, 0) is 6.42 Å². The number of nitrogens with one attached hydrogen (secondary N) is 5. The van der Waals surface area contributed by atoms with E-state index < -0.39 is 0 Å². The molecule has 1 saturated heterocycles. The molecule has 0 spiro atoms. The largest absolute Gasteiger partial charge is 0.356 e. The zero-order valence-electron chi connectivity index (χ0n) is 13.0. The van der Waals surface area contributed by atoms with Crippen LogP contribution in [0.4, 0.5) is 0 Å². The molecule has 0 atom stereocenters. The Balaban J connectivity index is 1.62. The second kappa shape index (κ2) is 9.04. The Labute approximate surface area is 132 Å². The SMILES string of the molecule is N=C(NCCc1ccccc1)NC(=N)NN1CCCCCC1. The van der Waals surface area contributed by atoms with Crippen molar-refractivity contribution in [3.8, 4) is 0 Å². The van der Waals surface area contributed by atoms with Gasteiger partial charge in [0, 0.05) is 19.6 Å². The lowest BCUT2D eigenvalue weighted by Gasteiger charge is -2.23. The summed E-state index contributed by atoms with van der Waals surface area (Å²) in [6.45, 7) is 2.59. The van der Waals surface area contributed by atoms with Gasteiger partial charge in [-0.05, 0) is 24.8 Å². The Morgan fingerprint density at radius 2 is 1.64 bits per heavy atom. The molecule has 0 aliphatic carbocycles. The number of rotatable bonds is 4. The van der Waals surface area contributed by atoms with Crippen LogP contribution in [0.25, 0.3) is 0 Å². The molecule has 1 heterocycles. The molecule has 0 saturated carbocycles. The first kappa shape index (κ1) is 16.3. The molecule has 0 bridgehead atoms. The van der Waals surface area contributed by atoms with Gasteiger partial charge in [-0.25, -0.2) is 5.01 Å². The third-order valence-electron chi connectivity index (χ3n) is 3.68. The molecule has 6 nitrogen and oxygen atoms in total. The lowest BCUT2D eigenvalue weighted by atomic mass is 10.1. The first-order valence-corrected chi connectivity index (χ1v) is 7.97. The molecule has 2 rings (SSSR count). The molecule has 22 heavy (non-hydrogen) atoms. The van der Waals surface area contributed by atoms with Gasteiger partial charge in [-0.2, -0.15) is 0 Å². The van der Waals surface area contributed by atoms with Gasteiger partial charge in [0.05, 0.1) is 0 Å². The van der Waals surface area contributed by atoms with Crippen LogP contribution in [0.3, 0.4) is 0 Å². The van der Waals surface area contributed by atoms with E-state index in [0.717, 1.165) is 32.4 Å². The molecule has 120 valence electrons. The standard InChI is InChI=1S/C16H26N6/c17-15(19-11-10-14-8-4-3-5-9-14)20-16(18)21-22-12-6-1-2-7-13-22/h3-5,8-9H,1-2,6-7,10-13H2,(H5,17,18,19,20,21). The van der Waals surface area contributed by atoms with E-state index in [-0.39, 0.29) is 11.9 Å². The highest BCUT2D eigenvalue weighted by Crippen LogP contribution is 2.07. The fourth-order valence-corrected chi connectivity index (χ4v) is 2.51. The van der Waals surface area contributed by atoms with E-state index >= 15 is 0 Å². The first-order valence-electron chi connectivity index (χ1n) is 7.97. The Morgan fingerprint density at radius 3 is 2.32 bits per heavy atom. The zero-order chi connectivity index (χ0) is 15.6. The summed E-state index contributed by atoms with van der Waals surface area (Å²) in [4.78, 5) is 0. The van der Waals surface area contributed by atoms with E-state index in [1.54, 1.807) is 0 Å². The zero-order valence-corrected chi connectivity index (χ0v) is 13.0. The molecule has 5 N–H and O–H groups in total. The van der Waals surface area contributed by atoms with Gasteiger partial charge >= 0.3 is 0 Å². The first-order chi connectivity index (χ1) is 10.7. The van der Waals surface area contributed by atoms with Crippen LogP contribution in [-0.4, -0.2) is 36.6 Å². The summed E-state index contributed by atoms with van der Waals surface area (Å²) in [7, 11) is 0. The summed E-state index contributed by atoms with van der Waals surface area (Å²) in [5.41, 5.74) is 4.26. The van der Waals surface area contributed by atoms with E-state index in [4.69, 9.17) is 10.8 Å². The minimum Gasteiger partial charge on any atom is -0.356 e. The van der Waals surface area contributed by atoms with Crippen molar-refractivity contribution in [2.45, 2.75) is 32.1 Å². The molecule has 0 unspecified atom stereocenters. The van der Waals surface area contributed by atoms with Gasteiger partial charge in [-0.3, -0.25) is 21.6 Å². The Morgan fingerprint density at radius 1 is 0.955 bits per heavy atom. The van der Waals surface area contributed by atoms with Crippen molar-refractivity contribution in [1.82, 2.24) is 21.1 Å². The third-order valence-corrected chi connectivity index (χ3v) is 3.68. The summed E-state index contributed by atoms with van der Waals surface area (Å²) < 4.78 is 0. The van der Waals surface area contributed by atoms with Gasteiger partial charge in [0.15, 0.2) is 5.96 Å². The van der Waals surface area contributed by atoms with Crippen molar-refractivity contribution in [2.24, 2.45) is 0 Å². The van der Waals surface area contributed by atoms with Crippen LogP contribution in [0.15, 0.2) is 30.3 Å². The minimum atomic E-state index is 0.152. The second-order valence-corrected chi connectivity index (χ2v) is 5.55. The molecule has 1 fully saturated rings. The number of hydrogen-bond donors (Lipinski definition) is 5. The number of guanidine groups is 2. The van der Waals surface area contributed by atoms with Crippen LogP contribution in [0.1, 0.15) is 31.2 Å². The maximum Gasteiger partial charge on any atom is 0.210 e. The van der Waals surface area contributed by atoms with Gasteiger partial charge < -0.3 is 5.32 Å². The molecule has 6 heteroatoms. The van der Waals surface area contributed by atoms with Crippen LogP contribution in [0, 0.1) is 10.8 Å². The van der Waals surface area contributed by atoms with Crippen molar-refractivity contribution in [3.05, 3.63) is 35.9 Å². The molecular weight excluding hydrogens is 276 g/mol. The molecule has 0 radical (unpaired) electrons. The molecular formula is C16H26N6. The monoisotopic (exact) mass is 302 g/mol. The summed E-state index contributed by atoms with van der Waals surface area (Å²) in [6.07, 6.45) is 5.70. The Bertz CT molecular complexity index is 465. The molecule has 1 aliphatic heterocycles. The van der Waals surface area contributed by atoms with Gasteiger partial charge in [-0.15, -0.1) is 0 Å². The molecule has 1 aromatic carbocycles. The highest BCUT2D eigenvalue weighted by atomic mass is 15.5. The van der Waals surface area contributed by atoms with E-state index in [1.807, 2.05) is 18.2 Å². The quantitative estimate of drug-likeness (QED) is 0.432. The third kappa shape index (κ3) is 6.13. The second-order valence-electron chi connectivity index (χ2n) is 5.55. The van der Waals surface area contributed by atoms with Crippen molar-refractivity contribution < 1.29 is 0 Å². The number of hydrogen-bond acceptors (Lipinski definition) is 3. The maximum absolute atomic E-state index is 7.88. The van der Waals surface area contributed by atoms with Gasteiger partial charge in [0.25, 0.3) is 0 Å². The lowest BCUT2D eigenvalue weighted by Crippen LogP contribution is -2.52. The van der Waals surface area contributed by atoms with E-state index in [9.17, 15) is 0 Å². The lowest BCUT2D eigenvalue weighted by molar-refractivity contribution is 0.242. The van der Waals surface area contributed by atoms with Gasteiger partial charge in [0.2, 0.25) is 5.96 Å². The van der Waals surface area contributed by atoms with Crippen molar-refractivity contribution in [2.75, 3.05) is 19.6 Å². The fraction of sp³-hybridized carbons (Fsp3) is 0.500. The Hall–Kier alpha value is -2.08. The van der Waals surface area contributed by atoms with Crippen molar-refractivity contribution >= 4 is 11.9 Å². The van der Waals surface area contributed by atoms with Crippen molar-refractivity contribution in [3.63, 3.8) is 0 Å². The van der Waals surface area contributed by atoms with Crippen LogP contribution < -0.4 is 16.1 Å². The predicted molar refractivity (Wildman–Crippen MR) is 89.9 cm³/mol. The smallest absolute Gasteiger partial charge is 0.210 e. The highest BCUT2D eigenvalue weighted by Gasteiger charge is 2.10. The number of nitrogens with zero attached hydrogens (tertiary/aromatic N) is 1. The minimum absolute atomic E-state index is 0.152. The molecule has 1 aromatic rings.